The molecule has 1 atom stereocenters. The van der Waals surface area contributed by atoms with Crippen molar-refractivity contribution >= 4 is 11.7 Å². The van der Waals surface area contributed by atoms with Gasteiger partial charge in [-0.25, -0.2) is 0 Å². The first-order valence-corrected chi connectivity index (χ1v) is 11.2. The maximum atomic E-state index is 13.2. The van der Waals surface area contributed by atoms with E-state index in [0.29, 0.717) is 12.2 Å². The van der Waals surface area contributed by atoms with E-state index in [0.717, 1.165) is 30.6 Å². The number of carbonyl (C=O) groups excluding carboxylic acids is 2. The Labute approximate surface area is 193 Å². The molecule has 0 saturated carbocycles. The maximum Gasteiger partial charge on any atom is 0.290 e. The Kier molecular flexibility index (Phi) is 6.93. The fourth-order valence-corrected chi connectivity index (χ4v) is 4.00. The van der Waals surface area contributed by atoms with Crippen LogP contribution >= 0.6 is 0 Å². The third-order valence-electron chi connectivity index (χ3n) is 5.70. The highest BCUT2D eigenvalue weighted by atomic mass is 16.5. The lowest BCUT2D eigenvalue weighted by Gasteiger charge is -2.27. The van der Waals surface area contributed by atoms with Gasteiger partial charge >= 0.3 is 0 Å². The van der Waals surface area contributed by atoms with Gasteiger partial charge in [0.05, 0.1) is 24.5 Å². The Bertz CT molecular complexity index is 1120. The number of amides is 1. The first kappa shape index (κ1) is 22.4. The van der Waals surface area contributed by atoms with Crippen molar-refractivity contribution in [1.82, 2.24) is 4.90 Å². The van der Waals surface area contributed by atoms with Crippen molar-refractivity contribution in [2.24, 2.45) is 0 Å². The van der Waals surface area contributed by atoms with Crippen LogP contribution in [0.15, 0.2) is 88.7 Å². The van der Waals surface area contributed by atoms with Crippen LogP contribution in [0.4, 0.5) is 0 Å². The van der Waals surface area contributed by atoms with Crippen molar-refractivity contribution in [2.75, 3.05) is 6.61 Å². The Balaban J connectivity index is 1.66. The van der Waals surface area contributed by atoms with Gasteiger partial charge in [-0.3, -0.25) is 9.59 Å². The number of Topliss-reactive ketones (excluding diaryl/α,β-unsaturated/α-hetero) is 1. The summed E-state index contributed by atoms with van der Waals surface area (Å²) in [6, 6.07) is 19.2. The maximum absolute atomic E-state index is 13.2. The third-order valence-corrected chi connectivity index (χ3v) is 5.70. The second-order valence-electron chi connectivity index (χ2n) is 8.01. The van der Waals surface area contributed by atoms with Crippen LogP contribution < -0.4 is 4.74 Å². The number of ether oxygens (including phenoxy) is 1. The smallest absolute Gasteiger partial charge is 0.290 e. The van der Waals surface area contributed by atoms with Gasteiger partial charge < -0.3 is 19.2 Å². The summed E-state index contributed by atoms with van der Waals surface area (Å²) < 4.78 is 11.1. The average Bonchev–Trinajstić information content (AvgIpc) is 3.46. The molecule has 0 saturated heterocycles. The number of furan rings is 1. The van der Waals surface area contributed by atoms with E-state index >= 15 is 0 Å². The fourth-order valence-electron chi connectivity index (χ4n) is 4.00. The predicted molar refractivity (Wildman–Crippen MR) is 124 cm³/mol. The second-order valence-corrected chi connectivity index (χ2v) is 8.01. The van der Waals surface area contributed by atoms with Crippen LogP contribution in [0.5, 0.6) is 5.75 Å². The van der Waals surface area contributed by atoms with E-state index in [-0.39, 0.29) is 17.9 Å². The summed E-state index contributed by atoms with van der Waals surface area (Å²) in [5, 5.41) is 10.7. The predicted octanol–water partition coefficient (Wildman–Crippen LogP) is 5.63. The standard InChI is InChI=1S/C27H27NO5/c1-2-3-7-16-32-21-14-12-20(13-15-21)24-23(25(29)22-11-8-17-33-22)26(30)27(31)28(24)18-19-9-5-4-6-10-19/h4-6,8-15,17,24,30H,2-3,7,16,18H2,1H3. The summed E-state index contributed by atoms with van der Waals surface area (Å²) >= 11 is 0. The van der Waals surface area contributed by atoms with Crippen LogP contribution in [0.2, 0.25) is 0 Å². The van der Waals surface area contributed by atoms with E-state index in [1.54, 1.807) is 6.07 Å². The van der Waals surface area contributed by atoms with E-state index in [2.05, 4.69) is 6.92 Å². The van der Waals surface area contributed by atoms with Crippen molar-refractivity contribution in [3.63, 3.8) is 0 Å². The summed E-state index contributed by atoms with van der Waals surface area (Å²) in [5.74, 6) is -0.838. The van der Waals surface area contributed by atoms with E-state index in [4.69, 9.17) is 9.15 Å². The van der Waals surface area contributed by atoms with Crippen LogP contribution in [0, 0.1) is 0 Å². The van der Waals surface area contributed by atoms with Gasteiger partial charge in [-0.2, -0.15) is 0 Å². The number of hydrogen-bond acceptors (Lipinski definition) is 5. The van der Waals surface area contributed by atoms with Gasteiger partial charge in [0, 0.05) is 6.54 Å². The van der Waals surface area contributed by atoms with E-state index < -0.39 is 23.5 Å². The molecule has 2 heterocycles. The van der Waals surface area contributed by atoms with Crippen LogP contribution in [0.25, 0.3) is 0 Å². The molecule has 1 amide bonds. The molecule has 1 aliphatic heterocycles. The van der Waals surface area contributed by atoms with Crippen molar-refractivity contribution < 1.29 is 23.8 Å². The molecule has 1 aliphatic rings. The van der Waals surface area contributed by atoms with Crippen molar-refractivity contribution in [3.05, 3.63) is 101 Å². The minimum absolute atomic E-state index is 0.0162. The van der Waals surface area contributed by atoms with E-state index in [1.165, 1.54) is 17.2 Å². The molecular formula is C27H27NO5. The van der Waals surface area contributed by atoms with Crippen LogP contribution in [0.1, 0.15) is 53.9 Å². The van der Waals surface area contributed by atoms with Gasteiger partial charge in [-0.15, -0.1) is 0 Å². The number of hydrogen-bond donors (Lipinski definition) is 1. The number of benzene rings is 2. The molecule has 0 fully saturated rings. The van der Waals surface area contributed by atoms with Gasteiger partial charge in [0.1, 0.15) is 5.75 Å². The number of unbranched alkanes of at least 4 members (excludes halogenated alkanes) is 2. The number of ketones is 1. The summed E-state index contributed by atoms with van der Waals surface area (Å²) in [7, 11) is 0. The average molecular weight is 446 g/mol. The Morgan fingerprint density at radius 2 is 1.79 bits per heavy atom. The molecule has 0 radical (unpaired) electrons. The topological polar surface area (TPSA) is 80.0 Å². The first-order chi connectivity index (χ1) is 16.1. The van der Waals surface area contributed by atoms with E-state index in [1.807, 2.05) is 54.6 Å². The summed E-state index contributed by atoms with van der Waals surface area (Å²) in [4.78, 5) is 27.8. The Morgan fingerprint density at radius 1 is 1.03 bits per heavy atom. The Hall–Kier alpha value is -3.80. The monoisotopic (exact) mass is 445 g/mol. The van der Waals surface area contributed by atoms with Gasteiger partial charge in [0.15, 0.2) is 11.5 Å². The zero-order chi connectivity index (χ0) is 23.2. The highest BCUT2D eigenvalue weighted by Gasteiger charge is 2.44. The van der Waals surface area contributed by atoms with Gasteiger partial charge in [-0.05, 0) is 41.8 Å². The highest BCUT2D eigenvalue weighted by Crippen LogP contribution is 2.40. The lowest BCUT2D eigenvalue weighted by molar-refractivity contribution is -0.130. The van der Waals surface area contributed by atoms with Crippen LogP contribution in [-0.2, 0) is 11.3 Å². The van der Waals surface area contributed by atoms with Gasteiger partial charge in [0.25, 0.3) is 5.91 Å². The summed E-state index contributed by atoms with van der Waals surface area (Å²) in [6.45, 7) is 3.03. The molecule has 1 N–H and O–H groups in total. The zero-order valence-electron chi connectivity index (χ0n) is 18.6. The minimum Gasteiger partial charge on any atom is -0.503 e. The molecule has 170 valence electrons. The molecule has 1 unspecified atom stereocenters. The zero-order valence-corrected chi connectivity index (χ0v) is 18.6. The lowest BCUT2D eigenvalue weighted by Crippen LogP contribution is -2.30. The number of aliphatic hydroxyl groups is 1. The SMILES string of the molecule is CCCCCOc1ccc(C2C(C(=O)c3ccco3)=C(O)C(=O)N2Cc2ccccc2)cc1. The van der Waals surface area contributed by atoms with Crippen LogP contribution in [-0.4, -0.2) is 28.3 Å². The molecule has 33 heavy (non-hydrogen) atoms. The number of carbonyl (C=O) groups is 2. The van der Waals surface area contributed by atoms with E-state index in [9.17, 15) is 14.7 Å². The largest absolute Gasteiger partial charge is 0.503 e. The molecule has 6 nitrogen and oxygen atoms in total. The molecule has 4 rings (SSSR count). The van der Waals surface area contributed by atoms with Crippen LogP contribution in [0.3, 0.4) is 0 Å². The highest BCUT2D eigenvalue weighted by molar-refractivity contribution is 6.15. The molecular weight excluding hydrogens is 418 g/mol. The van der Waals surface area contributed by atoms with Gasteiger partial charge in [0.2, 0.25) is 5.78 Å². The molecule has 3 aromatic rings. The van der Waals surface area contributed by atoms with Crippen molar-refractivity contribution in [1.29, 1.82) is 0 Å². The van der Waals surface area contributed by atoms with Gasteiger partial charge in [-0.1, -0.05) is 62.2 Å². The molecule has 0 bridgehead atoms. The number of rotatable bonds is 10. The lowest BCUT2D eigenvalue weighted by atomic mass is 9.95. The number of nitrogens with zero attached hydrogens (tertiary/aromatic N) is 1. The first-order valence-electron chi connectivity index (χ1n) is 11.2. The fraction of sp³-hybridized carbons (Fsp3) is 0.259. The molecule has 0 spiro atoms. The molecule has 6 heteroatoms. The Morgan fingerprint density at radius 3 is 2.45 bits per heavy atom. The quantitative estimate of drug-likeness (QED) is 0.323. The third kappa shape index (κ3) is 4.85. The minimum atomic E-state index is -0.746. The molecule has 2 aromatic carbocycles. The van der Waals surface area contributed by atoms with Crippen molar-refractivity contribution in [2.45, 2.75) is 38.8 Å². The van der Waals surface area contributed by atoms with Crippen molar-refractivity contribution in [3.8, 4) is 5.75 Å². The summed E-state index contributed by atoms with van der Waals surface area (Å²) in [5.41, 5.74) is 1.62. The number of aliphatic hydroxyl groups excluding tert-OH is 1. The second kappa shape index (κ2) is 10.2. The molecule has 1 aromatic heterocycles. The summed E-state index contributed by atoms with van der Waals surface area (Å²) in [6.07, 6.45) is 4.61. The normalized spacial score (nSPS) is 15.8. The molecule has 0 aliphatic carbocycles.